The molecular weight excluding hydrogens is 324 g/mol. The number of nitrogens with one attached hydrogen (secondary N) is 1. The van der Waals surface area contributed by atoms with Gasteiger partial charge in [-0.1, -0.05) is 40.5 Å². The number of amides is 2. The van der Waals surface area contributed by atoms with E-state index in [0.717, 1.165) is 12.8 Å². The normalized spacial score (nSPS) is 14.4. The van der Waals surface area contributed by atoms with Crippen LogP contribution in [0.4, 0.5) is 4.79 Å². The highest BCUT2D eigenvalue weighted by Crippen LogP contribution is 2.25. The summed E-state index contributed by atoms with van der Waals surface area (Å²) < 4.78 is 5.26. The van der Waals surface area contributed by atoms with Crippen LogP contribution in [0.1, 0.15) is 67.7 Å². The fourth-order valence-electron chi connectivity index (χ4n) is 2.42. The molecule has 0 aliphatic rings. The van der Waals surface area contributed by atoms with Gasteiger partial charge in [0, 0.05) is 5.92 Å². The first-order valence-electron chi connectivity index (χ1n) is 8.75. The second-order valence-corrected chi connectivity index (χ2v) is 8.41. The Kier molecular flexibility index (Phi) is 9.11. The van der Waals surface area contributed by atoms with Gasteiger partial charge in [0.05, 0.1) is 12.6 Å². The number of carbonyl (C=O) groups is 3. The van der Waals surface area contributed by atoms with E-state index in [1.807, 2.05) is 27.7 Å². The predicted octanol–water partition coefficient (Wildman–Crippen LogP) is 3.15. The van der Waals surface area contributed by atoms with Crippen molar-refractivity contribution >= 4 is 18.3 Å². The first kappa shape index (κ1) is 23.4. The fraction of sp³-hybridized carbons (Fsp3) is 0.833. The van der Waals surface area contributed by atoms with Gasteiger partial charge in [-0.15, -0.1) is 0 Å². The van der Waals surface area contributed by atoms with E-state index in [2.05, 4.69) is 5.32 Å². The van der Waals surface area contributed by atoms with Crippen LogP contribution in [0.3, 0.4) is 0 Å². The van der Waals surface area contributed by atoms with Crippen molar-refractivity contribution in [3.8, 4) is 0 Å². The summed E-state index contributed by atoms with van der Waals surface area (Å²) in [6.07, 6.45) is 1.82. The monoisotopic (exact) mass is 358 g/mol. The lowest BCUT2D eigenvalue weighted by molar-refractivity contribution is -0.155. The maximum atomic E-state index is 13.0. The van der Waals surface area contributed by atoms with Crippen LogP contribution in [0.25, 0.3) is 0 Å². The summed E-state index contributed by atoms with van der Waals surface area (Å²) in [7, 11) is 0. The highest BCUT2D eigenvalue weighted by molar-refractivity contribution is 5.90. The van der Waals surface area contributed by atoms with Crippen molar-refractivity contribution < 1.29 is 24.3 Å². The maximum Gasteiger partial charge on any atom is 0.408 e. The minimum Gasteiger partial charge on any atom is -0.444 e. The summed E-state index contributed by atoms with van der Waals surface area (Å²) in [5, 5.41) is 12.6. The van der Waals surface area contributed by atoms with Crippen molar-refractivity contribution in [2.24, 2.45) is 11.3 Å². The van der Waals surface area contributed by atoms with Crippen LogP contribution in [0.2, 0.25) is 0 Å². The lowest BCUT2D eigenvalue weighted by Gasteiger charge is -2.34. The number of carbonyl (C=O) groups excluding carboxylic acids is 3. The molecule has 2 atom stereocenters. The third-order valence-electron chi connectivity index (χ3n) is 3.65. The lowest BCUT2D eigenvalue weighted by atomic mass is 9.79. The lowest BCUT2D eigenvalue weighted by Crippen LogP contribution is -2.53. The largest absolute Gasteiger partial charge is 0.444 e. The highest BCUT2D eigenvalue weighted by Gasteiger charge is 2.37. The summed E-state index contributed by atoms with van der Waals surface area (Å²) >= 11 is 0. The number of nitrogens with zero attached hydrogens (tertiary/aromatic N) is 1. The molecule has 0 aliphatic carbocycles. The number of ether oxygens (including phenoxy) is 1. The van der Waals surface area contributed by atoms with E-state index in [0.29, 0.717) is 11.5 Å². The molecule has 146 valence electrons. The smallest absolute Gasteiger partial charge is 0.408 e. The van der Waals surface area contributed by atoms with Crippen molar-refractivity contribution in [3.63, 3.8) is 0 Å². The van der Waals surface area contributed by atoms with Crippen molar-refractivity contribution in [2.75, 3.05) is 6.54 Å². The zero-order valence-electron chi connectivity index (χ0n) is 16.6. The van der Waals surface area contributed by atoms with E-state index in [1.165, 1.54) is 0 Å². The van der Waals surface area contributed by atoms with Crippen LogP contribution in [-0.4, -0.2) is 46.7 Å². The molecule has 2 amide bonds. The molecule has 0 bridgehead atoms. The molecule has 2 N–H and O–H groups in total. The third-order valence-corrected chi connectivity index (χ3v) is 3.65. The molecule has 0 heterocycles. The molecule has 7 nitrogen and oxygen atoms in total. The standard InChI is InChI=1S/C18H34N2O5/c1-8-9-10-13(11-20(24)12-21)14(22)15(17(2,3)4)19-16(23)25-18(5,6)7/h12-13,15,24H,8-11H2,1-7H3,(H,19,23)/t13-,15+/m1/s1. The van der Waals surface area contributed by atoms with Crippen LogP contribution >= 0.6 is 0 Å². The molecule has 0 saturated carbocycles. The molecule has 25 heavy (non-hydrogen) atoms. The SMILES string of the molecule is CCCC[C@H](CN(O)C=O)C(=O)[C@H](NC(=O)OC(C)(C)C)C(C)(C)C. The number of rotatable bonds is 9. The van der Waals surface area contributed by atoms with Gasteiger partial charge < -0.3 is 10.1 Å². The van der Waals surface area contributed by atoms with E-state index in [9.17, 15) is 19.6 Å². The Morgan fingerprint density at radius 1 is 1.20 bits per heavy atom. The quantitative estimate of drug-likeness (QED) is 0.375. The Bertz CT molecular complexity index is 451. The van der Waals surface area contributed by atoms with Gasteiger partial charge in [-0.25, -0.2) is 9.86 Å². The second-order valence-electron chi connectivity index (χ2n) is 8.41. The molecule has 0 aliphatic heterocycles. The molecule has 0 saturated heterocycles. The van der Waals surface area contributed by atoms with Crippen LogP contribution in [0.15, 0.2) is 0 Å². The van der Waals surface area contributed by atoms with E-state index >= 15 is 0 Å². The third kappa shape index (κ3) is 9.43. The molecule has 0 unspecified atom stereocenters. The van der Waals surface area contributed by atoms with Gasteiger partial charge in [-0.2, -0.15) is 0 Å². The average molecular weight is 358 g/mol. The van der Waals surface area contributed by atoms with Crippen LogP contribution < -0.4 is 5.32 Å². The molecule has 0 rings (SSSR count). The van der Waals surface area contributed by atoms with Gasteiger partial charge in [0.2, 0.25) is 6.41 Å². The van der Waals surface area contributed by atoms with Gasteiger partial charge in [0.25, 0.3) is 0 Å². The molecule has 0 radical (unpaired) electrons. The minimum absolute atomic E-state index is 0.0923. The Hall–Kier alpha value is -1.63. The molecule has 0 spiro atoms. The van der Waals surface area contributed by atoms with Crippen molar-refractivity contribution in [1.29, 1.82) is 0 Å². The van der Waals surface area contributed by atoms with E-state index in [1.54, 1.807) is 20.8 Å². The van der Waals surface area contributed by atoms with Gasteiger partial charge in [0.15, 0.2) is 5.78 Å². The Morgan fingerprint density at radius 3 is 2.16 bits per heavy atom. The Balaban J connectivity index is 5.34. The average Bonchev–Trinajstić information content (AvgIpc) is 2.45. The van der Waals surface area contributed by atoms with Crippen LogP contribution in [0, 0.1) is 11.3 Å². The molecule has 0 aromatic heterocycles. The molecule has 7 heteroatoms. The fourth-order valence-corrected chi connectivity index (χ4v) is 2.42. The second kappa shape index (κ2) is 9.75. The van der Waals surface area contributed by atoms with Gasteiger partial charge in [-0.05, 0) is 32.6 Å². The van der Waals surface area contributed by atoms with Gasteiger partial charge in [0.1, 0.15) is 5.60 Å². The van der Waals surface area contributed by atoms with Gasteiger partial charge in [-0.3, -0.25) is 14.8 Å². The number of unbranched alkanes of at least 4 members (excludes halogenated alkanes) is 1. The number of hydrogen-bond acceptors (Lipinski definition) is 5. The van der Waals surface area contributed by atoms with Gasteiger partial charge >= 0.3 is 6.09 Å². The van der Waals surface area contributed by atoms with E-state index < -0.39 is 29.1 Å². The summed E-state index contributed by atoms with van der Waals surface area (Å²) in [5.74, 6) is -0.776. The predicted molar refractivity (Wildman–Crippen MR) is 95.2 cm³/mol. The Morgan fingerprint density at radius 2 is 1.76 bits per heavy atom. The zero-order chi connectivity index (χ0) is 19.8. The van der Waals surface area contributed by atoms with Crippen molar-refractivity contribution in [3.05, 3.63) is 0 Å². The summed E-state index contributed by atoms with van der Waals surface area (Å²) in [6, 6.07) is -0.788. The van der Waals surface area contributed by atoms with Crippen LogP contribution in [0.5, 0.6) is 0 Å². The highest BCUT2D eigenvalue weighted by atomic mass is 16.6. The maximum absolute atomic E-state index is 13.0. The summed E-state index contributed by atoms with van der Waals surface area (Å²) in [4.78, 5) is 35.9. The van der Waals surface area contributed by atoms with E-state index in [4.69, 9.17) is 4.74 Å². The number of alkyl carbamates (subject to hydrolysis) is 1. The number of hydrogen-bond donors (Lipinski definition) is 2. The minimum atomic E-state index is -0.788. The summed E-state index contributed by atoms with van der Waals surface area (Å²) in [5.41, 5.74) is -1.21. The Labute approximate surface area is 151 Å². The zero-order valence-corrected chi connectivity index (χ0v) is 16.6. The van der Waals surface area contributed by atoms with Crippen molar-refractivity contribution in [2.45, 2.75) is 79.4 Å². The van der Waals surface area contributed by atoms with Crippen molar-refractivity contribution in [1.82, 2.24) is 10.4 Å². The molecule has 0 aromatic rings. The molecule has 0 aromatic carbocycles. The number of Topliss-reactive ketones (excluding diaryl/α,β-unsaturated/α-hetero) is 1. The van der Waals surface area contributed by atoms with Crippen LogP contribution in [-0.2, 0) is 14.3 Å². The summed E-state index contributed by atoms with van der Waals surface area (Å²) in [6.45, 7) is 12.7. The molecular formula is C18H34N2O5. The topological polar surface area (TPSA) is 95.9 Å². The number of ketones is 1. The number of hydroxylamine groups is 2. The first-order chi connectivity index (χ1) is 11.3. The first-order valence-corrected chi connectivity index (χ1v) is 8.75. The van der Waals surface area contributed by atoms with E-state index in [-0.39, 0.29) is 18.7 Å². The molecule has 0 fully saturated rings.